The summed E-state index contributed by atoms with van der Waals surface area (Å²) in [6.07, 6.45) is 1.64. The molecule has 2 aromatic rings. The lowest BCUT2D eigenvalue weighted by molar-refractivity contribution is -0.139. The predicted molar refractivity (Wildman–Crippen MR) is 113 cm³/mol. The van der Waals surface area contributed by atoms with Crippen molar-refractivity contribution in [1.29, 1.82) is 0 Å². The minimum Gasteiger partial charge on any atom is -0.482 e. The maximum Gasteiger partial charge on any atom is 0.341 e. The molecular formula is C20H16N2O5S2. The molecule has 1 aliphatic heterocycles. The van der Waals surface area contributed by atoms with Crippen molar-refractivity contribution in [3.8, 4) is 5.75 Å². The second-order valence-corrected chi connectivity index (χ2v) is 7.70. The molecule has 0 saturated carbocycles. The van der Waals surface area contributed by atoms with E-state index in [4.69, 9.17) is 22.1 Å². The molecular weight excluding hydrogens is 412 g/mol. The lowest BCUT2D eigenvalue weighted by Crippen LogP contribution is -2.45. The fourth-order valence-electron chi connectivity index (χ4n) is 2.51. The van der Waals surface area contributed by atoms with Crippen molar-refractivity contribution in [2.45, 2.75) is 6.92 Å². The Balaban J connectivity index is 1.70. The molecule has 0 bridgehead atoms. The molecule has 1 saturated heterocycles. The Morgan fingerprint density at radius 1 is 1.21 bits per heavy atom. The average Bonchev–Trinajstić information content (AvgIpc) is 2.95. The summed E-state index contributed by atoms with van der Waals surface area (Å²) in [7, 11) is 0. The molecule has 0 aromatic heterocycles. The lowest BCUT2D eigenvalue weighted by atomic mass is 10.1. The van der Waals surface area contributed by atoms with Gasteiger partial charge in [-0.05, 0) is 54.5 Å². The molecule has 7 nitrogen and oxygen atoms in total. The number of carbonyl (C=O) groups is 3. The number of aryl methyl sites for hydroxylation is 1. The van der Waals surface area contributed by atoms with Gasteiger partial charge >= 0.3 is 5.97 Å². The third-order valence-electron chi connectivity index (χ3n) is 3.94. The molecule has 9 heteroatoms. The van der Waals surface area contributed by atoms with Crippen LogP contribution in [0.2, 0.25) is 0 Å². The Labute approximate surface area is 176 Å². The van der Waals surface area contributed by atoms with Crippen LogP contribution in [0, 0.1) is 6.92 Å². The molecule has 1 heterocycles. The molecule has 2 amide bonds. The van der Waals surface area contributed by atoms with Gasteiger partial charge in [0.25, 0.3) is 11.8 Å². The number of hydrogen-bond donors (Lipinski definition) is 2. The van der Waals surface area contributed by atoms with Gasteiger partial charge in [-0.15, -0.1) is 0 Å². The van der Waals surface area contributed by atoms with Gasteiger partial charge in [-0.2, -0.15) is 5.01 Å². The highest BCUT2D eigenvalue weighted by atomic mass is 32.2. The Hall–Kier alpha value is -3.17. The van der Waals surface area contributed by atoms with Crippen LogP contribution in [0.3, 0.4) is 0 Å². The fourth-order valence-corrected chi connectivity index (χ4v) is 3.69. The maximum absolute atomic E-state index is 12.7. The lowest BCUT2D eigenvalue weighted by Gasteiger charge is -2.16. The number of amides is 2. The van der Waals surface area contributed by atoms with Gasteiger partial charge in [0.2, 0.25) is 0 Å². The van der Waals surface area contributed by atoms with E-state index in [9.17, 15) is 14.4 Å². The molecule has 3 rings (SSSR count). The van der Waals surface area contributed by atoms with Crippen LogP contribution < -0.4 is 10.2 Å². The van der Waals surface area contributed by atoms with E-state index in [-0.39, 0.29) is 4.32 Å². The smallest absolute Gasteiger partial charge is 0.341 e. The molecule has 0 unspecified atom stereocenters. The summed E-state index contributed by atoms with van der Waals surface area (Å²) in [5, 5.41) is 9.69. The van der Waals surface area contributed by atoms with E-state index in [1.807, 2.05) is 19.1 Å². The predicted octanol–water partition coefficient (Wildman–Crippen LogP) is 3.00. The first-order valence-electron chi connectivity index (χ1n) is 8.44. The van der Waals surface area contributed by atoms with E-state index in [0.717, 1.165) is 22.3 Å². The number of hydrogen-bond acceptors (Lipinski definition) is 6. The van der Waals surface area contributed by atoms with Crippen molar-refractivity contribution in [2.24, 2.45) is 0 Å². The van der Waals surface area contributed by atoms with E-state index in [1.165, 1.54) is 0 Å². The van der Waals surface area contributed by atoms with Gasteiger partial charge in [-0.3, -0.25) is 15.0 Å². The number of carboxylic acids is 1. The van der Waals surface area contributed by atoms with Crippen LogP contribution in [0.5, 0.6) is 5.75 Å². The van der Waals surface area contributed by atoms with Gasteiger partial charge in [0.05, 0.1) is 4.91 Å². The first kappa shape index (κ1) is 20.6. The SMILES string of the molecule is Cc1ccccc1C(=O)NN1C(=O)/C(=C\c2ccc(OCC(=O)O)cc2)SC1=S. The van der Waals surface area contributed by atoms with E-state index < -0.39 is 24.4 Å². The number of rotatable bonds is 6. The number of thioether (sulfide) groups is 1. The Kier molecular flexibility index (Phi) is 6.30. The van der Waals surface area contributed by atoms with Crippen molar-refractivity contribution in [2.75, 3.05) is 6.61 Å². The number of thiocarbonyl (C=S) groups is 1. The van der Waals surface area contributed by atoms with Crippen molar-refractivity contribution in [3.63, 3.8) is 0 Å². The van der Waals surface area contributed by atoms with E-state index in [1.54, 1.807) is 42.5 Å². The molecule has 2 aromatic carbocycles. The topological polar surface area (TPSA) is 95.9 Å². The summed E-state index contributed by atoms with van der Waals surface area (Å²) in [6, 6.07) is 13.6. The molecule has 0 radical (unpaired) electrons. The van der Waals surface area contributed by atoms with Gasteiger partial charge in [0, 0.05) is 5.56 Å². The van der Waals surface area contributed by atoms with Crippen LogP contribution >= 0.6 is 24.0 Å². The molecule has 2 N–H and O–H groups in total. The fraction of sp³-hybridized carbons (Fsp3) is 0.100. The summed E-state index contributed by atoms with van der Waals surface area (Å²) in [6.45, 7) is 1.38. The number of nitrogens with one attached hydrogen (secondary N) is 1. The van der Waals surface area contributed by atoms with E-state index in [0.29, 0.717) is 21.8 Å². The van der Waals surface area contributed by atoms with Crippen LogP contribution in [0.15, 0.2) is 53.4 Å². The van der Waals surface area contributed by atoms with Crippen LogP contribution in [0.4, 0.5) is 0 Å². The molecule has 29 heavy (non-hydrogen) atoms. The second kappa shape index (κ2) is 8.89. The van der Waals surface area contributed by atoms with Gasteiger partial charge < -0.3 is 9.84 Å². The van der Waals surface area contributed by atoms with Gasteiger partial charge in [-0.25, -0.2) is 4.79 Å². The minimum atomic E-state index is -1.06. The number of aliphatic carboxylic acids is 1. The summed E-state index contributed by atoms with van der Waals surface area (Å²) in [5.74, 6) is -1.50. The number of carboxylic acid groups (broad SMARTS) is 1. The maximum atomic E-state index is 12.7. The number of ether oxygens (including phenoxy) is 1. The number of carbonyl (C=O) groups excluding carboxylic acids is 2. The molecule has 148 valence electrons. The highest BCUT2D eigenvalue weighted by Gasteiger charge is 2.33. The van der Waals surface area contributed by atoms with Crippen LogP contribution in [-0.2, 0) is 9.59 Å². The number of hydrazine groups is 1. The largest absolute Gasteiger partial charge is 0.482 e. The molecule has 1 aliphatic rings. The summed E-state index contributed by atoms with van der Waals surface area (Å²) in [5.41, 5.74) is 4.51. The molecule has 1 fully saturated rings. The highest BCUT2D eigenvalue weighted by Crippen LogP contribution is 2.31. The van der Waals surface area contributed by atoms with E-state index >= 15 is 0 Å². The summed E-state index contributed by atoms with van der Waals surface area (Å²) in [4.78, 5) is 36.0. The first-order valence-corrected chi connectivity index (χ1v) is 9.67. The minimum absolute atomic E-state index is 0.226. The quantitative estimate of drug-likeness (QED) is 0.539. The highest BCUT2D eigenvalue weighted by molar-refractivity contribution is 8.26. The molecule has 0 spiro atoms. The zero-order chi connectivity index (χ0) is 21.0. The standard InChI is InChI=1S/C20H16N2O5S2/c1-12-4-2-3-5-15(12)18(25)21-22-19(26)16(29-20(22)28)10-13-6-8-14(9-7-13)27-11-17(23)24/h2-10H,11H2,1H3,(H,21,25)(H,23,24)/b16-10+. The Bertz CT molecular complexity index is 1020. The zero-order valence-corrected chi connectivity index (χ0v) is 16.9. The van der Waals surface area contributed by atoms with Crippen molar-refractivity contribution in [1.82, 2.24) is 10.4 Å². The van der Waals surface area contributed by atoms with Gasteiger partial charge in [-0.1, -0.05) is 42.1 Å². The van der Waals surface area contributed by atoms with Crippen LogP contribution in [0.25, 0.3) is 6.08 Å². The zero-order valence-electron chi connectivity index (χ0n) is 15.2. The molecule has 0 aliphatic carbocycles. The van der Waals surface area contributed by atoms with Crippen LogP contribution in [-0.4, -0.2) is 38.8 Å². The van der Waals surface area contributed by atoms with Gasteiger partial charge in [0.1, 0.15) is 5.75 Å². The number of nitrogens with zero attached hydrogens (tertiary/aromatic N) is 1. The average molecular weight is 428 g/mol. The van der Waals surface area contributed by atoms with Gasteiger partial charge in [0.15, 0.2) is 10.9 Å². The summed E-state index contributed by atoms with van der Waals surface area (Å²) >= 11 is 6.31. The van der Waals surface area contributed by atoms with Crippen LogP contribution in [0.1, 0.15) is 21.5 Å². The monoisotopic (exact) mass is 428 g/mol. The van der Waals surface area contributed by atoms with E-state index in [2.05, 4.69) is 5.43 Å². The Morgan fingerprint density at radius 2 is 1.90 bits per heavy atom. The summed E-state index contributed by atoms with van der Waals surface area (Å²) < 4.78 is 5.30. The second-order valence-electron chi connectivity index (χ2n) is 6.02. The van der Waals surface area contributed by atoms with Crippen molar-refractivity contribution < 1.29 is 24.2 Å². The Morgan fingerprint density at radius 3 is 2.55 bits per heavy atom. The first-order chi connectivity index (χ1) is 13.8. The van der Waals surface area contributed by atoms with Crippen molar-refractivity contribution in [3.05, 3.63) is 70.1 Å². The normalized spacial score (nSPS) is 14.9. The third kappa shape index (κ3) is 5.01. The molecule has 0 atom stereocenters. The third-order valence-corrected chi connectivity index (χ3v) is 5.24. The van der Waals surface area contributed by atoms with Crippen molar-refractivity contribution >= 4 is 52.2 Å². The number of benzene rings is 2.